The molecule has 0 amide bonds. The summed E-state index contributed by atoms with van der Waals surface area (Å²) in [5.41, 5.74) is 2.82. The highest BCUT2D eigenvalue weighted by Crippen LogP contribution is 2.21. The standard InChI is InChI=1S/C25H28N2O3/c1-25(2,3)30-24(28)19-29-23-13-7-11-21(15-23)18-27(22-12-8-14-26-16-22)17-20-9-5-4-6-10-20/h4-16H,17-19H2,1-3H3. The number of carbonyl (C=O) groups is 1. The molecule has 0 unspecified atom stereocenters. The lowest BCUT2D eigenvalue weighted by atomic mass is 10.1. The number of hydrogen-bond donors (Lipinski definition) is 0. The van der Waals surface area contributed by atoms with Gasteiger partial charge in [0, 0.05) is 19.3 Å². The zero-order valence-corrected chi connectivity index (χ0v) is 17.7. The van der Waals surface area contributed by atoms with Crippen LogP contribution in [-0.2, 0) is 22.6 Å². The van der Waals surface area contributed by atoms with E-state index in [1.165, 1.54) is 5.56 Å². The van der Waals surface area contributed by atoms with Crippen molar-refractivity contribution in [2.24, 2.45) is 0 Å². The van der Waals surface area contributed by atoms with Gasteiger partial charge in [0.1, 0.15) is 11.4 Å². The number of esters is 1. The Kier molecular flexibility index (Phi) is 7.07. The Labute approximate surface area is 178 Å². The number of hydrogen-bond acceptors (Lipinski definition) is 5. The zero-order valence-electron chi connectivity index (χ0n) is 17.7. The molecule has 3 aromatic rings. The third-order valence-electron chi connectivity index (χ3n) is 4.28. The van der Waals surface area contributed by atoms with Gasteiger partial charge >= 0.3 is 5.97 Å². The van der Waals surface area contributed by atoms with Crippen molar-refractivity contribution < 1.29 is 14.3 Å². The van der Waals surface area contributed by atoms with Gasteiger partial charge in [-0.05, 0) is 56.2 Å². The fraction of sp³-hybridized carbons (Fsp3) is 0.280. The Morgan fingerprint density at radius 3 is 2.37 bits per heavy atom. The van der Waals surface area contributed by atoms with Gasteiger partial charge in [0.15, 0.2) is 6.61 Å². The number of carbonyl (C=O) groups excluding carboxylic acids is 1. The van der Waals surface area contributed by atoms with Gasteiger partial charge in [0.05, 0.1) is 11.9 Å². The summed E-state index contributed by atoms with van der Waals surface area (Å²) >= 11 is 0. The molecule has 1 heterocycles. The molecule has 0 bridgehead atoms. The Bertz CT molecular complexity index is 937. The first-order chi connectivity index (χ1) is 14.4. The molecule has 0 aliphatic rings. The summed E-state index contributed by atoms with van der Waals surface area (Å²) in [5, 5.41) is 0. The molecule has 0 radical (unpaired) electrons. The van der Waals surface area contributed by atoms with Crippen molar-refractivity contribution in [1.82, 2.24) is 4.98 Å². The minimum Gasteiger partial charge on any atom is -0.482 e. The molecule has 0 aliphatic heterocycles. The van der Waals surface area contributed by atoms with Crippen LogP contribution in [-0.4, -0.2) is 23.2 Å². The summed E-state index contributed by atoms with van der Waals surface area (Å²) in [6, 6.07) is 22.1. The zero-order chi connectivity index (χ0) is 21.4. The van der Waals surface area contributed by atoms with E-state index < -0.39 is 5.60 Å². The Hall–Kier alpha value is -3.34. The lowest BCUT2D eigenvalue weighted by Crippen LogP contribution is -2.27. The molecular formula is C25H28N2O3. The van der Waals surface area contributed by atoms with Gasteiger partial charge in [0.25, 0.3) is 0 Å². The minimum absolute atomic E-state index is 0.114. The van der Waals surface area contributed by atoms with Gasteiger partial charge < -0.3 is 14.4 Å². The number of aromatic nitrogens is 1. The highest BCUT2D eigenvalue weighted by Gasteiger charge is 2.16. The maximum atomic E-state index is 11.9. The first-order valence-corrected chi connectivity index (χ1v) is 10.0. The van der Waals surface area contributed by atoms with Crippen LogP contribution >= 0.6 is 0 Å². The second kappa shape index (κ2) is 9.92. The second-order valence-corrected chi connectivity index (χ2v) is 8.08. The van der Waals surface area contributed by atoms with Gasteiger partial charge in [-0.1, -0.05) is 42.5 Å². The fourth-order valence-electron chi connectivity index (χ4n) is 3.05. The van der Waals surface area contributed by atoms with Crippen molar-refractivity contribution in [2.45, 2.75) is 39.5 Å². The lowest BCUT2D eigenvalue weighted by molar-refractivity contribution is -0.157. The summed E-state index contributed by atoms with van der Waals surface area (Å²) in [5.74, 6) is 0.262. The molecule has 0 saturated heterocycles. The maximum absolute atomic E-state index is 11.9. The molecule has 0 aliphatic carbocycles. The van der Waals surface area contributed by atoms with E-state index in [4.69, 9.17) is 9.47 Å². The van der Waals surface area contributed by atoms with Gasteiger partial charge in [-0.2, -0.15) is 0 Å². The Morgan fingerprint density at radius 1 is 0.933 bits per heavy atom. The van der Waals surface area contributed by atoms with Crippen LogP contribution in [0.2, 0.25) is 0 Å². The SMILES string of the molecule is CC(C)(C)OC(=O)COc1cccc(CN(Cc2ccccc2)c2cccnc2)c1. The highest BCUT2D eigenvalue weighted by atomic mass is 16.6. The molecule has 0 atom stereocenters. The predicted molar refractivity (Wildman–Crippen MR) is 118 cm³/mol. The number of anilines is 1. The molecular weight excluding hydrogens is 376 g/mol. The van der Waals surface area contributed by atoms with Crippen LogP contribution in [0.3, 0.4) is 0 Å². The van der Waals surface area contributed by atoms with Crippen LogP contribution in [0, 0.1) is 0 Å². The third-order valence-corrected chi connectivity index (χ3v) is 4.28. The number of benzene rings is 2. The molecule has 156 valence electrons. The predicted octanol–water partition coefficient (Wildman–Crippen LogP) is 5.01. The van der Waals surface area contributed by atoms with Crippen molar-refractivity contribution in [3.63, 3.8) is 0 Å². The summed E-state index contributed by atoms with van der Waals surface area (Å²) in [7, 11) is 0. The molecule has 0 fully saturated rings. The fourth-order valence-corrected chi connectivity index (χ4v) is 3.05. The van der Waals surface area contributed by atoms with Crippen molar-refractivity contribution in [1.29, 1.82) is 0 Å². The first-order valence-electron chi connectivity index (χ1n) is 10.0. The third kappa shape index (κ3) is 6.92. The van der Waals surface area contributed by atoms with Crippen LogP contribution in [0.25, 0.3) is 0 Å². The highest BCUT2D eigenvalue weighted by molar-refractivity contribution is 5.71. The molecule has 2 aromatic carbocycles. The van der Waals surface area contributed by atoms with Crippen molar-refractivity contribution in [3.05, 3.63) is 90.3 Å². The molecule has 30 heavy (non-hydrogen) atoms. The summed E-state index contributed by atoms with van der Waals surface area (Å²) in [6.45, 7) is 6.85. The van der Waals surface area contributed by atoms with Crippen molar-refractivity contribution >= 4 is 11.7 Å². The molecule has 0 spiro atoms. The topological polar surface area (TPSA) is 51.7 Å². The van der Waals surface area contributed by atoms with Gasteiger partial charge in [-0.3, -0.25) is 4.98 Å². The van der Waals surface area contributed by atoms with Gasteiger partial charge in [-0.15, -0.1) is 0 Å². The Morgan fingerprint density at radius 2 is 1.67 bits per heavy atom. The monoisotopic (exact) mass is 404 g/mol. The molecule has 3 rings (SSSR count). The Balaban J connectivity index is 1.70. The maximum Gasteiger partial charge on any atom is 0.344 e. The molecule has 5 heteroatoms. The average Bonchev–Trinajstić information content (AvgIpc) is 2.72. The van der Waals surface area contributed by atoms with E-state index in [1.807, 2.05) is 69.4 Å². The van der Waals surface area contributed by atoms with Crippen LogP contribution in [0.4, 0.5) is 5.69 Å². The normalized spacial score (nSPS) is 11.0. The van der Waals surface area contributed by atoms with E-state index in [0.29, 0.717) is 12.3 Å². The largest absolute Gasteiger partial charge is 0.482 e. The van der Waals surface area contributed by atoms with E-state index in [9.17, 15) is 4.79 Å². The number of ether oxygens (including phenoxy) is 2. The van der Waals surface area contributed by atoms with E-state index >= 15 is 0 Å². The summed E-state index contributed by atoms with van der Waals surface area (Å²) in [6.07, 6.45) is 3.64. The molecule has 5 nitrogen and oxygen atoms in total. The van der Waals surface area contributed by atoms with E-state index in [0.717, 1.165) is 17.8 Å². The molecule has 0 N–H and O–H groups in total. The number of pyridine rings is 1. The number of nitrogens with zero attached hydrogens (tertiary/aromatic N) is 2. The average molecular weight is 405 g/mol. The van der Waals surface area contributed by atoms with Gasteiger partial charge in [0.2, 0.25) is 0 Å². The lowest BCUT2D eigenvalue weighted by Gasteiger charge is -2.25. The quantitative estimate of drug-likeness (QED) is 0.494. The van der Waals surface area contributed by atoms with E-state index in [2.05, 4.69) is 34.1 Å². The summed E-state index contributed by atoms with van der Waals surface area (Å²) in [4.78, 5) is 18.4. The van der Waals surface area contributed by atoms with Crippen LogP contribution in [0.5, 0.6) is 5.75 Å². The number of rotatable bonds is 8. The van der Waals surface area contributed by atoms with Gasteiger partial charge in [-0.25, -0.2) is 4.79 Å². The summed E-state index contributed by atoms with van der Waals surface area (Å²) < 4.78 is 11.0. The molecule has 1 aromatic heterocycles. The van der Waals surface area contributed by atoms with Crippen LogP contribution in [0.15, 0.2) is 79.1 Å². The van der Waals surface area contributed by atoms with E-state index in [-0.39, 0.29) is 12.6 Å². The molecule has 0 saturated carbocycles. The minimum atomic E-state index is -0.524. The van der Waals surface area contributed by atoms with Crippen molar-refractivity contribution in [3.8, 4) is 5.75 Å². The first kappa shape index (κ1) is 21.4. The smallest absolute Gasteiger partial charge is 0.344 e. The second-order valence-electron chi connectivity index (χ2n) is 8.08. The van der Waals surface area contributed by atoms with Crippen LogP contribution < -0.4 is 9.64 Å². The van der Waals surface area contributed by atoms with E-state index in [1.54, 1.807) is 6.20 Å². The van der Waals surface area contributed by atoms with Crippen molar-refractivity contribution in [2.75, 3.05) is 11.5 Å². The van der Waals surface area contributed by atoms with Crippen LogP contribution in [0.1, 0.15) is 31.9 Å².